The summed E-state index contributed by atoms with van der Waals surface area (Å²) in [5.74, 6) is 0.963. The molecule has 1 aromatic heterocycles. The third-order valence-electron chi connectivity index (χ3n) is 3.12. The molecule has 4 nitrogen and oxygen atoms in total. The van der Waals surface area contributed by atoms with Gasteiger partial charge in [-0.25, -0.2) is 4.98 Å². The molecule has 0 radical (unpaired) electrons. The van der Waals surface area contributed by atoms with Gasteiger partial charge in [-0.3, -0.25) is 4.79 Å². The van der Waals surface area contributed by atoms with Crippen molar-refractivity contribution in [2.24, 2.45) is 11.8 Å². The number of aliphatic carboxylic acids is 1. The van der Waals surface area contributed by atoms with Gasteiger partial charge in [0.2, 0.25) is 0 Å². The summed E-state index contributed by atoms with van der Waals surface area (Å²) in [4.78, 5) is 17.1. The lowest BCUT2D eigenvalue weighted by Gasteiger charge is -2.15. The molecular weight excluding hydrogens is 212 g/mol. The monoisotopic (exact) mass is 224 g/mol. The van der Waals surface area contributed by atoms with E-state index in [4.69, 9.17) is 5.11 Å². The molecule has 1 saturated carbocycles. The smallest absolute Gasteiger partial charge is 0.309 e. The summed E-state index contributed by atoms with van der Waals surface area (Å²) < 4.78 is 0. The number of anilines is 1. The number of piperidine rings is 1. The van der Waals surface area contributed by atoms with E-state index in [1.54, 1.807) is 11.3 Å². The molecule has 1 saturated heterocycles. The molecular formula is C10H12N2O2S. The summed E-state index contributed by atoms with van der Waals surface area (Å²) in [5.41, 5.74) is 0.683. The van der Waals surface area contributed by atoms with Crippen LogP contribution >= 0.6 is 11.3 Å². The van der Waals surface area contributed by atoms with Crippen molar-refractivity contribution < 1.29 is 9.90 Å². The first-order valence-corrected chi connectivity index (χ1v) is 6.01. The fourth-order valence-electron chi connectivity index (χ4n) is 2.23. The van der Waals surface area contributed by atoms with E-state index in [0.717, 1.165) is 30.1 Å². The zero-order chi connectivity index (χ0) is 10.4. The van der Waals surface area contributed by atoms with Crippen molar-refractivity contribution in [2.75, 3.05) is 18.0 Å². The SMILES string of the molecule is O=C(O)Cc1csc(N2CC3CC3C2)n1. The van der Waals surface area contributed by atoms with Crippen LogP contribution in [0.25, 0.3) is 0 Å². The Labute approximate surface area is 91.5 Å². The minimum Gasteiger partial charge on any atom is -0.481 e. The quantitative estimate of drug-likeness (QED) is 0.839. The molecule has 2 atom stereocenters. The van der Waals surface area contributed by atoms with Crippen LogP contribution in [0.2, 0.25) is 0 Å². The van der Waals surface area contributed by atoms with Crippen molar-refractivity contribution in [3.05, 3.63) is 11.1 Å². The second-order valence-electron chi connectivity index (χ2n) is 4.35. The standard InChI is InChI=1S/C10H12N2O2S/c13-9(14)2-8-5-15-10(11-8)12-3-6-1-7(6)4-12/h5-7H,1-4H2,(H,13,14). The fourth-order valence-corrected chi connectivity index (χ4v) is 3.08. The zero-order valence-electron chi connectivity index (χ0n) is 8.22. The number of carboxylic acid groups (broad SMARTS) is 1. The van der Waals surface area contributed by atoms with E-state index in [0.29, 0.717) is 5.69 Å². The summed E-state index contributed by atoms with van der Waals surface area (Å²) in [6.07, 6.45) is 1.42. The summed E-state index contributed by atoms with van der Waals surface area (Å²) in [6.45, 7) is 2.23. The topological polar surface area (TPSA) is 53.4 Å². The van der Waals surface area contributed by atoms with Crippen molar-refractivity contribution in [1.82, 2.24) is 4.98 Å². The molecule has 1 aliphatic heterocycles. The third kappa shape index (κ3) is 1.71. The average Bonchev–Trinajstić information content (AvgIpc) is 2.65. The lowest BCUT2D eigenvalue weighted by atomic mass is 10.3. The molecule has 0 amide bonds. The van der Waals surface area contributed by atoms with Gasteiger partial charge in [0.15, 0.2) is 5.13 Å². The van der Waals surface area contributed by atoms with Crippen LogP contribution in [0.15, 0.2) is 5.38 Å². The molecule has 1 aromatic rings. The molecule has 80 valence electrons. The fraction of sp³-hybridized carbons (Fsp3) is 0.600. The van der Waals surface area contributed by atoms with E-state index >= 15 is 0 Å². The summed E-state index contributed by atoms with van der Waals surface area (Å²) >= 11 is 1.56. The van der Waals surface area contributed by atoms with Crippen molar-refractivity contribution in [3.63, 3.8) is 0 Å². The minimum absolute atomic E-state index is 0.0389. The first-order chi connectivity index (χ1) is 7.22. The normalized spacial score (nSPS) is 27.9. The molecule has 2 fully saturated rings. The average molecular weight is 224 g/mol. The molecule has 2 unspecified atom stereocenters. The van der Waals surface area contributed by atoms with Crippen LogP contribution in [-0.2, 0) is 11.2 Å². The lowest BCUT2D eigenvalue weighted by Crippen LogP contribution is -2.21. The van der Waals surface area contributed by atoms with Crippen molar-refractivity contribution in [2.45, 2.75) is 12.8 Å². The van der Waals surface area contributed by atoms with E-state index in [9.17, 15) is 4.79 Å². The van der Waals surface area contributed by atoms with Crippen LogP contribution < -0.4 is 4.90 Å². The number of nitrogens with zero attached hydrogens (tertiary/aromatic N) is 2. The first kappa shape index (κ1) is 9.15. The molecule has 15 heavy (non-hydrogen) atoms. The highest BCUT2D eigenvalue weighted by atomic mass is 32.1. The highest BCUT2D eigenvalue weighted by Gasteiger charge is 2.45. The van der Waals surface area contributed by atoms with Crippen LogP contribution in [0.3, 0.4) is 0 Å². The highest BCUT2D eigenvalue weighted by Crippen LogP contribution is 2.46. The van der Waals surface area contributed by atoms with Gasteiger partial charge in [0.05, 0.1) is 12.1 Å². The van der Waals surface area contributed by atoms with Gasteiger partial charge in [0.1, 0.15) is 0 Å². The summed E-state index contributed by atoms with van der Waals surface area (Å²) in [5, 5.41) is 11.5. The number of thiazole rings is 1. The Morgan fingerprint density at radius 1 is 1.60 bits per heavy atom. The largest absolute Gasteiger partial charge is 0.481 e. The van der Waals surface area contributed by atoms with Gasteiger partial charge in [-0.2, -0.15) is 0 Å². The number of rotatable bonds is 3. The molecule has 0 spiro atoms. The Bertz CT molecular complexity index is 394. The Morgan fingerprint density at radius 3 is 3.00 bits per heavy atom. The summed E-state index contributed by atoms with van der Waals surface area (Å²) in [7, 11) is 0. The first-order valence-electron chi connectivity index (χ1n) is 5.13. The van der Waals surface area contributed by atoms with Gasteiger partial charge in [-0.15, -0.1) is 11.3 Å². The Kier molecular flexibility index (Phi) is 1.95. The third-order valence-corrected chi connectivity index (χ3v) is 4.07. The van der Waals surface area contributed by atoms with E-state index < -0.39 is 5.97 Å². The molecule has 1 N–H and O–H groups in total. The molecule has 0 bridgehead atoms. The molecule has 3 rings (SSSR count). The van der Waals surface area contributed by atoms with Gasteiger partial charge >= 0.3 is 5.97 Å². The number of hydrogen-bond donors (Lipinski definition) is 1. The number of carboxylic acids is 1. The van der Waals surface area contributed by atoms with E-state index in [1.165, 1.54) is 6.42 Å². The second-order valence-corrected chi connectivity index (χ2v) is 5.19. The van der Waals surface area contributed by atoms with Gasteiger partial charge < -0.3 is 10.0 Å². The van der Waals surface area contributed by atoms with Crippen LogP contribution in [0.1, 0.15) is 12.1 Å². The molecule has 1 aliphatic carbocycles. The predicted molar refractivity (Wildman–Crippen MR) is 57.3 cm³/mol. The number of hydrogen-bond acceptors (Lipinski definition) is 4. The maximum absolute atomic E-state index is 10.5. The maximum Gasteiger partial charge on any atom is 0.309 e. The molecule has 2 heterocycles. The minimum atomic E-state index is -0.809. The van der Waals surface area contributed by atoms with Crippen molar-refractivity contribution >= 4 is 22.4 Å². The van der Waals surface area contributed by atoms with Gasteiger partial charge in [-0.1, -0.05) is 0 Å². The van der Waals surface area contributed by atoms with Crippen LogP contribution in [0.4, 0.5) is 5.13 Å². The molecule has 5 heteroatoms. The zero-order valence-corrected chi connectivity index (χ0v) is 9.04. The van der Waals surface area contributed by atoms with Crippen LogP contribution in [0, 0.1) is 11.8 Å². The number of carbonyl (C=O) groups is 1. The molecule has 0 aromatic carbocycles. The van der Waals surface area contributed by atoms with Gasteiger partial charge in [0.25, 0.3) is 0 Å². The van der Waals surface area contributed by atoms with E-state index in [2.05, 4.69) is 9.88 Å². The Hall–Kier alpha value is -1.10. The van der Waals surface area contributed by atoms with Crippen molar-refractivity contribution in [1.29, 1.82) is 0 Å². The van der Waals surface area contributed by atoms with Gasteiger partial charge in [-0.05, 0) is 18.3 Å². The van der Waals surface area contributed by atoms with Crippen LogP contribution in [0.5, 0.6) is 0 Å². The molecule has 2 aliphatic rings. The number of aromatic nitrogens is 1. The Morgan fingerprint density at radius 2 is 2.33 bits per heavy atom. The predicted octanol–water partition coefficient (Wildman–Crippen LogP) is 1.23. The van der Waals surface area contributed by atoms with Crippen LogP contribution in [-0.4, -0.2) is 29.1 Å². The Balaban J connectivity index is 1.70. The highest BCUT2D eigenvalue weighted by molar-refractivity contribution is 7.13. The summed E-state index contributed by atoms with van der Waals surface area (Å²) in [6, 6.07) is 0. The number of fused-ring (bicyclic) bond motifs is 1. The van der Waals surface area contributed by atoms with E-state index in [1.807, 2.05) is 5.38 Å². The second kappa shape index (κ2) is 3.20. The maximum atomic E-state index is 10.5. The van der Waals surface area contributed by atoms with E-state index in [-0.39, 0.29) is 6.42 Å². The van der Waals surface area contributed by atoms with Crippen molar-refractivity contribution in [3.8, 4) is 0 Å². The lowest BCUT2D eigenvalue weighted by molar-refractivity contribution is -0.136. The van der Waals surface area contributed by atoms with Gasteiger partial charge in [0, 0.05) is 18.5 Å².